The lowest BCUT2D eigenvalue weighted by Crippen LogP contribution is -2.19. The molecule has 5 heteroatoms. The number of allylic oxidation sites excluding steroid dienone is 2. The van der Waals surface area contributed by atoms with Crippen LogP contribution in [0.3, 0.4) is 0 Å². The van der Waals surface area contributed by atoms with Crippen molar-refractivity contribution < 1.29 is 19.7 Å². The topological polar surface area (TPSA) is 58.9 Å². The minimum Gasteiger partial charge on any atom is -0.396 e. The lowest BCUT2D eigenvalue weighted by Gasteiger charge is -2.19. The van der Waals surface area contributed by atoms with E-state index in [0.717, 1.165) is 83.3 Å². The second-order valence-corrected chi connectivity index (χ2v) is 8.83. The number of rotatable bonds is 26. The van der Waals surface area contributed by atoms with Crippen LogP contribution in [0.4, 0.5) is 0 Å². The molecule has 2 N–H and O–H groups in total. The number of aliphatic hydroxyl groups is 2. The normalized spacial score (nSPS) is 11.9. The SMILES string of the molecule is OCCCCCCOC(CCCCCCCCC/C=C\CCCl)OCCCCCCO. The minimum atomic E-state index is -0.0736. The Kier molecular flexibility index (Phi) is 27.8. The average Bonchev–Trinajstić information content (AvgIpc) is 2.78. The molecule has 0 bridgehead atoms. The summed E-state index contributed by atoms with van der Waals surface area (Å²) in [5, 5.41) is 17.7. The molecule has 0 amide bonds. The van der Waals surface area contributed by atoms with Crippen molar-refractivity contribution in [3.8, 4) is 0 Å². The summed E-state index contributed by atoms with van der Waals surface area (Å²) in [7, 11) is 0. The lowest BCUT2D eigenvalue weighted by molar-refractivity contribution is -0.148. The van der Waals surface area contributed by atoms with E-state index in [0.29, 0.717) is 0 Å². The van der Waals surface area contributed by atoms with Crippen LogP contribution in [0.5, 0.6) is 0 Å². The number of hydrogen-bond donors (Lipinski definition) is 2. The zero-order chi connectivity index (χ0) is 22.7. The third-order valence-corrected chi connectivity index (χ3v) is 5.68. The largest absolute Gasteiger partial charge is 0.396 e. The summed E-state index contributed by atoms with van der Waals surface area (Å²) in [5.41, 5.74) is 0. The Bertz CT molecular complexity index is 336. The van der Waals surface area contributed by atoms with Crippen molar-refractivity contribution in [2.75, 3.05) is 32.3 Å². The predicted molar refractivity (Wildman–Crippen MR) is 133 cm³/mol. The summed E-state index contributed by atoms with van der Waals surface area (Å²) in [6, 6.07) is 0. The zero-order valence-electron chi connectivity index (χ0n) is 20.1. The first-order valence-corrected chi connectivity index (χ1v) is 13.5. The fourth-order valence-electron chi connectivity index (χ4n) is 3.53. The summed E-state index contributed by atoms with van der Waals surface area (Å²) >= 11 is 5.66. The Hall–Kier alpha value is -0.130. The molecule has 4 nitrogen and oxygen atoms in total. The Morgan fingerprint density at radius 3 is 1.55 bits per heavy atom. The van der Waals surface area contributed by atoms with Crippen LogP contribution in [0.2, 0.25) is 0 Å². The van der Waals surface area contributed by atoms with E-state index >= 15 is 0 Å². The summed E-state index contributed by atoms with van der Waals surface area (Å²) in [6.07, 6.45) is 24.8. The van der Waals surface area contributed by atoms with Gasteiger partial charge in [0, 0.05) is 32.3 Å². The second kappa shape index (κ2) is 27.9. The number of hydrogen-bond acceptors (Lipinski definition) is 4. The Morgan fingerprint density at radius 1 is 0.548 bits per heavy atom. The van der Waals surface area contributed by atoms with Crippen molar-refractivity contribution >= 4 is 11.6 Å². The maximum absolute atomic E-state index is 8.85. The highest BCUT2D eigenvalue weighted by Crippen LogP contribution is 2.14. The molecule has 0 aliphatic carbocycles. The molecule has 0 rings (SSSR count). The van der Waals surface area contributed by atoms with Gasteiger partial charge in [-0.15, -0.1) is 11.6 Å². The van der Waals surface area contributed by atoms with Gasteiger partial charge in [-0.3, -0.25) is 0 Å². The van der Waals surface area contributed by atoms with Gasteiger partial charge in [0.1, 0.15) is 0 Å². The predicted octanol–water partition coefficient (Wildman–Crippen LogP) is 7.15. The van der Waals surface area contributed by atoms with E-state index in [1.54, 1.807) is 0 Å². The highest BCUT2D eigenvalue weighted by Gasteiger charge is 2.09. The van der Waals surface area contributed by atoms with E-state index in [4.69, 9.17) is 31.3 Å². The molecule has 0 unspecified atom stereocenters. The molecule has 0 heterocycles. The Labute approximate surface area is 197 Å². The van der Waals surface area contributed by atoms with Crippen molar-refractivity contribution in [2.24, 2.45) is 0 Å². The molecule has 31 heavy (non-hydrogen) atoms. The highest BCUT2D eigenvalue weighted by molar-refractivity contribution is 6.17. The molecular formula is C26H51ClO4. The molecule has 0 aliphatic rings. The first-order chi connectivity index (χ1) is 15.3. The molecule has 0 spiro atoms. The number of halogens is 1. The molecule has 0 radical (unpaired) electrons. The van der Waals surface area contributed by atoms with E-state index in [9.17, 15) is 0 Å². The third kappa shape index (κ3) is 26.0. The van der Waals surface area contributed by atoms with Crippen molar-refractivity contribution in [3.63, 3.8) is 0 Å². The molecular weight excluding hydrogens is 412 g/mol. The second-order valence-electron chi connectivity index (χ2n) is 8.45. The van der Waals surface area contributed by atoms with Gasteiger partial charge >= 0.3 is 0 Å². The van der Waals surface area contributed by atoms with E-state index in [1.807, 2.05) is 0 Å². The molecule has 0 saturated carbocycles. The van der Waals surface area contributed by atoms with Crippen LogP contribution in [0.25, 0.3) is 0 Å². The van der Waals surface area contributed by atoms with Gasteiger partial charge in [0.15, 0.2) is 6.29 Å². The number of ether oxygens (including phenoxy) is 2. The van der Waals surface area contributed by atoms with E-state index < -0.39 is 0 Å². The molecule has 0 aromatic carbocycles. The summed E-state index contributed by atoms with van der Waals surface area (Å²) < 4.78 is 12.0. The summed E-state index contributed by atoms with van der Waals surface area (Å²) in [4.78, 5) is 0. The quantitative estimate of drug-likeness (QED) is 0.0620. The zero-order valence-corrected chi connectivity index (χ0v) is 20.8. The van der Waals surface area contributed by atoms with Gasteiger partial charge in [0.05, 0.1) is 0 Å². The first-order valence-electron chi connectivity index (χ1n) is 13.0. The van der Waals surface area contributed by atoms with Gasteiger partial charge in [0.2, 0.25) is 0 Å². The average molecular weight is 463 g/mol. The van der Waals surface area contributed by atoms with Crippen molar-refractivity contribution in [3.05, 3.63) is 12.2 Å². The van der Waals surface area contributed by atoms with E-state index in [1.165, 1.54) is 51.4 Å². The molecule has 0 aliphatic heterocycles. The highest BCUT2D eigenvalue weighted by atomic mass is 35.5. The van der Waals surface area contributed by atoms with Gasteiger partial charge in [-0.2, -0.15) is 0 Å². The van der Waals surface area contributed by atoms with E-state index in [-0.39, 0.29) is 19.5 Å². The minimum absolute atomic E-state index is 0.0736. The first kappa shape index (κ1) is 30.9. The standard InChI is InChI=1S/C26H51ClO4/c27-21-15-9-7-5-3-1-2-4-6-8-14-20-26(30-24-18-12-10-16-22-28)31-25-19-13-11-17-23-29/h7,9,26,28-29H,1-6,8,10-25H2/b9-7-. The van der Waals surface area contributed by atoms with Crippen LogP contribution in [-0.4, -0.2) is 48.8 Å². The monoisotopic (exact) mass is 462 g/mol. The number of alkyl halides is 1. The molecule has 0 aromatic heterocycles. The van der Waals surface area contributed by atoms with Gasteiger partial charge < -0.3 is 19.7 Å². The van der Waals surface area contributed by atoms with Crippen molar-refractivity contribution in [2.45, 2.75) is 122 Å². The summed E-state index contributed by atoms with van der Waals surface area (Å²) in [6.45, 7) is 2.07. The third-order valence-electron chi connectivity index (χ3n) is 5.47. The fourth-order valence-corrected chi connectivity index (χ4v) is 3.66. The fraction of sp³-hybridized carbons (Fsp3) is 0.923. The van der Waals surface area contributed by atoms with Gasteiger partial charge in [-0.05, 0) is 57.8 Å². The molecule has 186 valence electrons. The van der Waals surface area contributed by atoms with Gasteiger partial charge in [0.25, 0.3) is 0 Å². The van der Waals surface area contributed by atoms with Gasteiger partial charge in [-0.1, -0.05) is 69.9 Å². The Morgan fingerprint density at radius 2 is 1.00 bits per heavy atom. The van der Waals surface area contributed by atoms with Crippen LogP contribution in [0, 0.1) is 0 Å². The van der Waals surface area contributed by atoms with Crippen molar-refractivity contribution in [1.29, 1.82) is 0 Å². The maximum atomic E-state index is 8.85. The summed E-state index contributed by atoms with van der Waals surface area (Å²) in [5.74, 6) is 0.725. The van der Waals surface area contributed by atoms with Crippen LogP contribution < -0.4 is 0 Å². The molecule has 0 atom stereocenters. The number of unbranched alkanes of at least 4 members (excludes halogenated alkanes) is 13. The molecule has 0 fully saturated rings. The maximum Gasteiger partial charge on any atom is 0.157 e. The molecule has 0 saturated heterocycles. The molecule has 0 aromatic rings. The number of aliphatic hydroxyl groups excluding tert-OH is 2. The van der Waals surface area contributed by atoms with Crippen molar-refractivity contribution in [1.82, 2.24) is 0 Å². The van der Waals surface area contributed by atoms with Crippen LogP contribution in [0.1, 0.15) is 116 Å². The van der Waals surface area contributed by atoms with Crippen LogP contribution in [0.15, 0.2) is 12.2 Å². The van der Waals surface area contributed by atoms with Gasteiger partial charge in [-0.25, -0.2) is 0 Å². The smallest absolute Gasteiger partial charge is 0.157 e. The Balaban J connectivity index is 3.75. The van der Waals surface area contributed by atoms with E-state index in [2.05, 4.69) is 12.2 Å². The van der Waals surface area contributed by atoms with Crippen LogP contribution >= 0.6 is 11.6 Å². The lowest BCUT2D eigenvalue weighted by atomic mass is 10.1. The van der Waals surface area contributed by atoms with Crippen LogP contribution in [-0.2, 0) is 9.47 Å².